The van der Waals surface area contributed by atoms with E-state index in [2.05, 4.69) is 62.9 Å². The molecule has 3 aliphatic rings. The molecule has 0 amide bonds. The number of hydrogen-bond acceptors (Lipinski definition) is 15. The van der Waals surface area contributed by atoms with Gasteiger partial charge in [0.1, 0.15) is 62.6 Å². The molecule has 3 aliphatic heterocycles. The van der Waals surface area contributed by atoms with E-state index < -0.39 is 27.6 Å². The summed E-state index contributed by atoms with van der Waals surface area (Å²) in [7, 11) is -21.3. The van der Waals surface area contributed by atoms with Gasteiger partial charge in [-0.2, -0.15) is 9.13 Å². The van der Waals surface area contributed by atoms with Crippen molar-refractivity contribution in [1.29, 1.82) is 0 Å². The average Bonchev–Trinajstić information content (AvgIpc) is 2.68. The van der Waals surface area contributed by atoms with Gasteiger partial charge < -0.3 is 56.8 Å². The first-order valence-electron chi connectivity index (χ1n) is 24.9. The van der Waals surface area contributed by atoms with E-state index in [1.165, 1.54) is 40.3 Å². The summed E-state index contributed by atoms with van der Waals surface area (Å²) in [5.74, 6) is 0.661. The molecule has 6 aromatic rings. The number of aryl methyl sites for hydroxylation is 2. The fourth-order valence-electron chi connectivity index (χ4n) is 7.57. The average molecular weight is 1230 g/mol. The molecular weight excluding hydrogens is 1170 g/mol. The predicted octanol–water partition coefficient (Wildman–Crippen LogP) is 11.8. The summed E-state index contributed by atoms with van der Waals surface area (Å²) in [6, 6.07) is 24.9. The number of halogens is 12. The van der Waals surface area contributed by atoms with Gasteiger partial charge in [-0.3, -0.25) is 4.98 Å². The number of carbonyl (C=O) groups excluding carboxylic acids is 2. The van der Waals surface area contributed by atoms with Crippen LogP contribution in [0.5, 0.6) is 23.0 Å². The molecule has 17 nitrogen and oxygen atoms in total. The fraction of sp³-hybridized carbons (Fsp3) is 0.392. The normalized spacial score (nSPS) is 18.5. The molecule has 3 aromatic carbocycles. The second-order valence-corrected chi connectivity index (χ2v) is 21.4. The monoisotopic (exact) mass is 1230 g/mol. The molecule has 0 saturated heterocycles. The number of carbonyl (C=O) groups is 2. The Morgan fingerprint density at radius 2 is 0.646 bits per heavy atom. The third kappa shape index (κ3) is 27.1. The molecule has 0 saturated carbocycles. The Kier molecular flexibility index (Phi) is 21.5. The van der Waals surface area contributed by atoms with Crippen molar-refractivity contribution in [1.82, 2.24) is 4.98 Å². The standard InChI is InChI=1S/C37H45NO14.C14H12N2.2F6P/c39-36-30-21-31(25-38-24-30)37(40)52-27-29-19-34-23-35(20-29)50-16-12-46-8-4-42-3-7-45-11-15-49-33-18-28(26-51-36)17-32(22-33)47-13-9-43-5-1-41-2-6-44-10-14-48-34;1-3-11-5-6-12-4-2-8-16-10-9-15(7-1)13(11)14(12)16;2*1-7(2,3,4,5)6/h17-25H,1-16,26-27H2;1-8H,9-10H2;;/q;+2;2*-1. The first-order valence-corrected chi connectivity index (χ1v) is 28.9. The summed E-state index contributed by atoms with van der Waals surface area (Å²) in [5, 5.41) is 2.66. The van der Waals surface area contributed by atoms with E-state index in [0.29, 0.717) is 113 Å². The van der Waals surface area contributed by atoms with Gasteiger partial charge in [-0.15, -0.1) is 0 Å². The molecule has 6 heterocycles. The zero-order valence-corrected chi connectivity index (χ0v) is 45.2. The molecule has 0 unspecified atom stereocenters. The van der Waals surface area contributed by atoms with Crippen molar-refractivity contribution in [3.8, 4) is 23.0 Å². The van der Waals surface area contributed by atoms with Crippen LogP contribution in [0.4, 0.5) is 50.4 Å². The van der Waals surface area contributed by atoms with Crippen LogP contribution in [0.1, 0.15) is 31.8 Å². The van der Waals surface area contributed by atoms with Gasteiger partial charge in [0, 0.05) is 36.7 Å². The van der Waals surface area contributed by atoms with Crippen molar-refractivity contribution in [3.05, 3.63) is 126 Å². The maximum Gasteiger partial charge on any atom is 0.340 e. The number of rotatable bonds is 0. The van der Waals surface area contributed by atoms with Crippen molar-refractivity contribution in [2.45, 2.75) is 26.3 Å². The van der Waals surface area contributed by atoms with Crippen molar-refractivity contribution in [3.63, 3.8) is 0 Å². The SMILES string of the molecule is F[P-](F)(F)(F)(F)F.F[P-](F)(F)(F)(F)F.O=C1OCc2cc3cc(c2)OCCOCCOCCOCCOc2cc(cc(c2)OCCOCCOCCOCCO3)COC(=O)c2cncc1c2.c1cc2ccc3ccc[n+]4c3c2[n+](c1)CC4. The van der Waals surface area contributed by atoms with E-state index in [-0.39, 0.29) is 50.8 Å². The number of aromatic nitrogens is 3. The molecule has 3 aromatic heterocycles. The van der Waals surface area contributed by atoms with Crippen LogP contribution in [0.3, 0.4) is 0 Å². The number of fused-ring (bicyclic) bond motifs is 8. The number of ether oxygens (including phenoxy) is 12. The minimum absolute atomic E-state index is 0.0809. The van der Waals surface area contributed by atoms with Gasteiger partial charge in [-0.1, -0.05) is 0 Å². The van der Waals surface area contributed by atoms with Crippen molar-refractivity contribution in [2.75, 3.05) is 106 Å². The number of hydrogen-bond donors (Lipinski definition) is 0. The summed E-state index contributed by atoms with van der Waals surface area (Å²) in [5.41, 5.74) is 4.13. The predicted molar refractivity (Wildman–Crippen MR) is 271 cm³/mol. The molecule has 0 spiro atoms. The summed E-state index contributed by atoms with van der Waals surface area (Å²) in [4.78, 5) is 30.2. The summed E-state index contributed by atoms with van der Waals surface area (Å²) in [6.07, 6.45) is 7.00. The van der Waals surface area contributed by atoms with Gasteiger partial charge in [0.25, 0.3) is 11.0 Å². The van der Waals surface area contributed by atoms with E-state index in [0.717, 1.165) is 13.1 Å². The number of nitrogens with zero attached hydrogens (tertiary/aromatic N) is 3. The van der Waals surface area contributed by atoms with Crippen LogP contribution in [0, 0.1) is 0 Å². The Balaban J connectivity index is 0.000000288. The number of benzene rings is 3. The van der Waals surface area contributed by atoms with Crippen molar-refractivity contribution < 1.29 is 126 Å². The minimum atomic E-state index is -10.7. The first kappa shape index (κ1) is 64.7. The fourth-order valence-corrected chi connectivity index (χ4v) is 7.57. The second kappa shape index (κ2) is 27.3. The van der Waals surface area contributed by atoms with Gasteiger partial charge in [-0.05, 0) is 65.7 Å². The molecule has 82 heavy (non-hydrogen) atoms. The van der Waals surface area contributed by atoms with E-state index in [9.17, 15) is 60.0 Å². The van der Waals surface area contributed by atoms with Crippen LogP contribution in [0.25, 0.3) is 21.8 Å². The Bertz CT molecular complexity index is 2810. The molecule has 0 fully saturated rings. The largest absolute Gasteiger partial charge is 0.491 e. The van der Waals surface area contributed by atoms with Gasteiger partial charge in [0.2, 0.25) is 13.1 Å². The van der Waals surface area contributed by atoms with Crippen LogP contribution in [0.15, 0.2) is 104 Å². The van der Waals surface area contributed by atoms with Crippen LogP contribution < -0.4 is 28.1 Å². The molecule has 0 aliphatic carbocycles. The van der Waals surface area contributed by atoms with E-state index in [4.69, 9.17) is 56.8 Å². The van der Waals surface area contributed by atoms with E-state index >= 15 is 0 Å². The van der Waals surface area contributed by atoms with Gasteiger partial charge in [0.15, 0.2) is 12.4 Å². The Labute approximate surface area is 460 Å². The Morgan fingerprint density at radius 3 is 0.939 bits per heavy atom. The van der Waals surface area contributed by atoms with Crippen LogP contribution in [0.2, 0.25) is 0 Å². The first-order chi connectivity index (χ1) is 38.5. The third-order valence-corrected chi connectivity index (χ3v) is 10.8. The Hall–Kier alpha value is -6.45. The Morgan fingerprint density at radius 1 is 0.366 bits per heavy atom. The topological polar surface area (TPSA) is 166 Å². The van der Waals surface area contributed by atoms with Gasteiger partial charge in [0.05, 0.1) is 101 Å². The molecule has 9 rings (SSSR count). The van der Waals surface area contributed by atoms with Crippen molar-refractivity contribution in [2.24, 2.45) is 0 Å². The summed E-state index contributed by atoms with van der Waals surface area (Å²) >= 11 is 0. The van der Waals surface area contributed by atoms with Crippen LogP contribution >= 0.6 is 15.6 Å². The van der Waals surface area contributed by atoms with E-state index in [1.54, 1.807) is 36.4 Å². The van der Waals surface area contributed by atoms with Gasteiger partial charge >= 0.3 is 77.9 Å². The minimum Gasteiger partial charge on any atom is -0.491 e. The quantitative estimate of drug-likeness (QED) is 0.0463. The maximum atomic E-state index is 13.1. The van der Waals surface area contributed by atoms with Crippen molar-refractivity contribution >= 4 is 49.4 Å². The molecule has 31 heteroatoms. The smallest absolute Gasteiger partial charge is 0.340 e. The molecule has 454 valence electrons. The zero-order chi connectivity index (χ0) is 59.4. The zero-order valence-electron chi connectivity index (χ0n) is 43.4. The number of pyridine rings is 3. The summed E-state index contributed by atoms with van der Waals surface area (Å²) < 4.78 is 192. The molecule has 0 atom stereocenters. The van der Waals surface area contributed by atoms with E-state index in [1.807, 2.05) is 0 Å². The number of esters is 2. The van der Waals surface area contributed by atoms with Crippen LogP contribution in [-0.2, 0) is 64.2 Å². The van der Waals surface area contributed by atoms with Gasteiger partial charge in [-0.25, -0.2) is 9.59 Å². The second-order valence-electron chi connectivity index (χ2n) is 17.6. The maximum absolute atomic E-state index is 13.1. The third-order valence-electron chi connectivity index (χ3n) is 10.8. The molecule has 0 radical (unpaired) electrons. The molecule has 0 N–H and O–H groups in total. The summed E-state index contributed by atoms with van der Waals surface area (Å²) in [6.45, 7) is 7.48. The molecular formula is C51H57F12N3O14P2. The van der Waals surface area contributed by atoms with Crippen LogP contribution in [-0.4, -0.2) is 123 Å². The molecule has 8 bridgehead atoms.